The van der Waals surface area contributed by atoms with Gasteiger partial charge in [-0.2, -0.15) is 0 Å². The van der Waals surface area contributed by atoms with E-state index in [1.807, 2.05) is 27.7 Å². The predicted molar refractivity (Wildman–Crippen MR) is 79.6 cm³/mol. The maximum atomic E-state index is 10.3. The third-order valence-electron chi connectivity index (χ3n) is 4.09. The lowest BCUT2D eigenvalue weighted by molar-refractivity contribution is 0.00578. The van der Waals surface area contributed by atoms with Crippen molar-refractivity contribution in [2.45, 2.75) is 58.3 Å². The van der Waals surface area contributed by atoms with Crippen molar-refractivity contribution in [3.8, 4) is 0 Å². The van der Waals surface area contributed by atoms with Crippen LogP contribution in [0, 0.1) is 0 Å². The first kappa shape index (κ1) is 15.3. The van der Waals surface area contributed by atoms with Crippen LogP contribution in [0.15, 0.2) is 12.3 Å². The number of nitrogen functional groups attached to an aromatic ring is 1. The Labute approximate surface area is 120 Å². The Hall–Kier alpha value is -1.11. The Morgan fingerprint density at radius 3 is 2.15 bits per heavy atom. The van der Waals surface area contributed by atoms with E-state index in [0.29, 0.717) is 16.8 Å². The largest absolute Gasteiger partial charge is 0.498 e. The number of pyridine rings is 1. The highest BCUT2D eigenvalue weighted by molar-refractivity contribution is 6.64. The van der Waals surface area contributed by atoms with Crippen molar-refractivity contribution in [1.82, 2.24) is 4.98 Å². The zero-order valence-corrected chi connectivity index (χ0v) is 13.0. The summed E-state index contributed by atoms with van der Waals surface area (Å²) in [6, 6.07) is 1.69. The molecule has 0 unspecified atom stereocenters. The molecule has 0 aliphatic carbocycles. The molecule has 5 nitrogen and oxygen atoms in total. The van der Waals surface area contributed by atoms with Crippen molar-refractivity contribution >= 4 is 18.3 Å². The van der Waals surface area contributed by atoms with Crippen LogP contribution >= 0.6 is 0 Å². The van der Waals surface area contributed by atoms with Gasteiger partial charge in [0, 0.05) is 17.3 Å². The summed E-state index contributed by atoms with van der Waals surface area (Å²) in [6.07, 6.45) is 1.58. The molecule has 1 fully saturated rings. The van der Waals surface area contributed by atoms with E-state index in [1.165, 1.54) is 0 Å². The zero-order chi connectivity index (χ0) is 15.3. The van der Waals surface area contributed by atoms with Gasteiger partial charge in [0.25, 0.3) is 0 Å². The minimum absolute atomic E-state index is 0.461. The van der Waals surface area contributed by atoms with Crippen LogP contribution in [-0.2, 0) is 14.9 Å². The normalized spacial score (nSPS) is 21.2. The van der Waals surface area contributed by atoms with Crippen LogP contribution in [0.3, 0.4) is 0 Å². The Morgan fingerprint density at radius 1 is 1.20 bits per heavy atom. The average Bonchev–Trinajstić information content (AvgIpc) is 2.46. The summed E-state index contributed by atoms with van der Waals surface area (Å²) in [7, 11) is -0.630. The third kappa shape index (κ3) is 2.43. The van der Waals surface area contributed by atoms with Crippen LogP contribution in [0.2, 0.25) is 0 Å². The summed E-state index contributed by atoms with van der Waals surface area (Å²) in [6.45, 7) is 11.2. The summed E-state index contributed by atoms with van der Waals surface area (Å²) in [5.41, 5.74) is 5.63. The van der Waals surface area contributed by atoms with E-state index < -0.39 is 23.9 Å². The van der Waals surface area contributed by atoms with Gasteiger partial charge in [-0.15, -0.1) is 0 Å². The molecule has 1 saturated heterocycles. The highest BCUT2D eigenvalue weighted by Gasteiger charge is 2.53. The fraction of sp³-hybridized carbons (Fsp3) is 0.643. The van der Waals surface area contributed by atoms with Crippen molar-refractivity contribution in [2.75, 3.05) is 5.73 Å². The first-order valence-electron chi connectivity index (χ1n) is 6.78. The molecule has 2 rings (SSSR count). The van der Waals surface area contributed by atoms with Crippen LogP contribution in [-0.4, -0.2) is 28.4 Å². The lowest BCUT2D eigenvalue weighted by Crippen LogP contribution is -2.43. The van der Waals surface area contributed by atoms with Gasteiger partial charge >= 0.3 is 7.12 Å². The van der Waals surface area contributed by atoms with Crippen LogP contribution in [0.4, 0.5) is 5.69 Å². The van der Waals surface area contributed by atoms with E-state index in [0.717, 1.165) is 0 Å². The molecule has 0 bridgehead atoms. The van der Waals surface area contributed by atoms with E-state index in [-0.39, 0.29) is 0 Å². The van der Waals surface area contributed by atoms with Crippen molar-refractivity contribution in [1.29, 1.82) is 0 Å². The van der Waals surface area contributed by atoms with Gasteiger partial charge in [0.1, 0.15) is 5.60 Å². The number of anilines is 1. The molecule has 1 aromatic heterocycles. The standard InChI is InChI=1S/C14H23BN2O3/c1-12(2,18)11-10(9(16)7-8-17-11)15-19-13(3,4)14(5,6)20-15/h7-8,18H,1-6H3,(H2,16,17). The lowest BCUT2D eigenvalue weighted by atomic mass is 9.73. The Balaban J connectivity index is 2.50. The maximum Gasteiger partial charge on any atom is 0.498 e. The molecule has 110 valence electrons. The van der Waals surface area contributed by atoms with Gasteiger partial charge in [-0.25, -0.2) is 0 Å². The number of aromatic nitrogens is 1. The van der Waals surface area contributed by atoms with Gasteiger partial charge < -0.3 is 20.1 Å². The molecule has 0 aromatic carbocycles. The zero-order valence-electron chi connectivity index (χ0n) is 13.0. The van der Waals surface area contributed by atoms with E-state index in [9.17, 15) is 5.11 Å². The summed E-state index contributed by atoms with van der Waals surface area (Å²) < 4.78 is 12.0. The number of hydrogen-bond acceptors (Lipinski definition) is 5. The summed E-state index contributed by atoms with van der Waals surface area (Å²) in [4.78, 5) is 4.26. The van der Waals surface area contributed by atoms with Crippen LogP contribution in [0.1, 0.15) is 47.2 Å². The van der Waals surface area contributed by atoms with Crippen molar-refractivity contribution in [3.05, 3.63) is 18.0 Å². The topological polar surface area (TPSA) is 77.6 Å². The smallest absolute Gasteiger partial charge is 0.399 e. The molecule has 0 atom stereocenters. The maximum absolute atomic E-state index is 10.3. The van der Waals surface area contributed by atoms with Gasteiger partial charge in [-0.1, -0.05) is 0 Å². The monoisotopic (exact) mass is 278 g/mol. The SMILES string of the molecule is CC(C)(O)c1nccc(N)c1B1OC(C)(C)C(C)(C)O1. The number of rotatable bonds is 2. The molecule has 3 N–H and O–H groups in total. The highest BCUT2D eigenvalue weighted by Crippen LogP contribution is 2.37. The number of hydrogen-bond donors (Lipinski definition) is 2. The molecular weight excluding hydrogens is 255 g/mol. The molecular formula is C14H23BN2O3. The minimum Gasteiger partial charge on any atom is -0.399 e. The second kappa shape index (κ2) is 4.45. The molecule has 0 saturated carbocycles. The van der Waals surface area contributed by atoms with Crippen LogP contribution in [0.25, 0.3) is 0 Å². The minimum atomic E-state index is -1.12. The molecule has 1 aromatic rings. The molecule has 20 heavy (non-hydrogen) atoms. The fourth-order valence-electron chi connectivity index (χ4n) is 2.18. The molecule has 1 aliphatic rings. The molecule has 2 heterocycles. The van der Waals surface area contributed by atoms with Gasteiger partial charge in [0.2, 0.25) is 0 Å². The molecule has 0 spiro atoms. The molecule has 1 aliphatic heterocycles. The lowest BCUT2D eigenvalue weighted by Gasteiger charge is -2.32. The first-order chi connectivity index (χ1) is 8.96. The van der Waals surface area contributed by atoms with E-state index in [4.69, 9.17) is 15.0 Å². The van der Waals surface area contributed by atoms with Gasteiger partial charge in [0.05, 0.1) is 16.9 Å². The van der Waals surface area contributed by atoms with Crippen molar-refractivity contribution < 1.29 is 14.4 Å². The quantitative estimate of drug-likeness (QED) is 0.794. The summed E-state index contributed by atoms with van der Waals surface area (Å²) in [5.74, 6) is 0. The number of nitrogens with zero attached hydrogens (tertiary/aromatic N) is 1. The Morgan fingerprint density at radius 2 is 1.70 bits per heavy atom. The summed E-state index contributed by atoms with van der Waals surface area (Å²) >= 11 is 0. The second-order valence-corrected chi connectivity index (χ2v) is 6.81. The van der Waals surface area contributed by atoms with Crippen LogP contribution < -0.4 is 11.2 Å². The van der Waals surface area contributed by atoms with Crippen LogP contribution in [0.5, 0.6) is 0 Å². The van der Waals surface area contributed by atoms with E-state index in [2.05, 4.69) is 4.98 Å². The molecule has 6 heteroatoms. The van der Waals surface area contributed by atoms with E-state index in [1.54, 1.807) is 26.1 Å². The fourth-order valence-corrected chi connectivity index (χ4v) is 2.18. The Kier molecular flexibility index (Phi) is 3.40. The number of aliphatic hydroxyl groups is 1. The summed E-state index contributed by atoms with van der Waals surface area (Å²) in [5, 5.41) is 10.3. The van der Waals surface area contributed by atoms with Crippen molar-refractivity contribution in [3.63, 3.8) is 0 Å². The first-order valence-corrected chi connectivity index (χ1v) is 6.78. The average molecular weight is 278 g/mol. The Bertz CT molecular complexity index is 508. The predicted octanol–water partition coefficient (Wildman–Crippen LogP) is 1.19. The van der Waals surface area contributed by atoms with Gasteiger partial charge in [-0.3, -0.25) is 4.98 Å². The third-order valence-corrected chi connectivity index (χ3v) is 4.09. The second-order valence-electron chi connectivity index (χ2n) is 6.81. The van der Waals surface area contributed by atoms with Gasteiger partial charge in [0.15, 0.2) is 0 Å². The highest BCUT2D eigenvalue weighted by atomic mass is 16.7. The molecule has 0 radical (unpaired) electrons. The van der Waals surface area contributed by atoms with Crippen molar-refractivity contribution in [2.24, 2.45) is 0 Å². The molecule has 0 amide bonds. The van der Waals surface area contributed by atoms with E-state index >= 15 is 0 Å². The van der Waals surface area contributed by atoms with Gasteiger partial charge in [-0.05, 0) is 47.6 Å². The number of nitrogens with two attached hydrogens (primary N) is 1.